The highest BCUT2D eigenvalue weighted by atomic mass is 32.3. The molecule has 0 saturated carbocycles. The summed E-state index contributed by atoms with van der Waals surface area (Å²) in [5.41, 5.74) is 5.84. The van der Waals surface area contributed by atoms with Crippen LogP contribution in [0, 0.1) is 13.8 Å². The van der Waals surface area contributed by atoms with Crippen LogP contribution in [0.15, 0.2) is 71.9 Å². The van der Waals surface area contributed by atoms with E-state index in [2.05, 4.69) is 43.8 Å². The molecule has 1 aliphatic rings. The van der Waals surface area contributed by atoms with Gasteiger partial charge in [-0.1, -0.05) is 48.5 Å². The highest BCUT2D eigenvalue weighted by Gasteiger charge is 2.38. The van der Waals surface area contributed by atoms with E-state index in [1.165, 1.54) is 12.4 Å². The molecule has 52 heavy (non-hydrogen) atoms. The number of hydrogen-bond donors (Lipinski definition) is 4. The first-order chi connectivity index (χ1) is 24.9. The van der Waals surface area contributed by atoms with Gasteiger partial charge in [-0.25, -0.2) is 14.6 Å². The molecule has 5 aromatic rings. The SMILES string of the molecule is CC[C@@H]1CN(Cc2cc([C@@H](c3ccc4c(nnn4CC)c3C)C(C)(C)NC(=O)c3cnc(OCCO)nc3)ccc2C)S(O)(O)c2ccccc2O1. The molecule has 2 aromatic heterocycles. The average molecular weight is 730 g/mol. The third-order valence-corrected chi connectivity index (χ3v) is 11.6. The fourth-order valence-electron chi connectivity index (χ4n) is 6.86. The summed E-state index contributed by atoms with van der Waals surface area (Å²) in [6, 6.07) is 17.5. The van der Waals surface area contributed by atoms with Crippen LogP contribution in [0.5, 0.6) is 11.8 Å². The highest BCUT2D eigenvalue weighted by molar-refractivity contribution is 8.22. The summed E-state index contributed by atoms with van der Waals surface area (Å²) < 4.78 is 38.6. The molecule has 0 bridgehead atoms. The number of nitrogens with zero attached hydrogens (tertiary/aromatic N) is 6. The summed E-state index contributed by atoms with van der Waals surface area (Å²) >= 11 is 0. The first-order valence-electron chi connectivity index (χ1n) is 17.5. The van der Waals surface area contributed by atoms with Crippen molar-refractivity contribution >= 4 is 27.7 Å². The Morgan fingerprint density at radius 2 is 1.85 bits per heavy atom. The van der Waals surface area contributed by atoms with Crippen LogP contribution in [0.1, 0.15) is 78.2 Å². The minimum absolute atomic E-state index is 0.0470. The standard InChI is InChI=1S/C38H47N7O6S/c1-7-29-23-44(52(48,49)33-12-10-9-11-32(33)51-29)22-27-19-26(14-13-24(27)3)34(30-15-16-31-35(25(30)4)42-43-45(31)8-2)38(5,6)41-36(47)28-20-39-37(40-21-28)50-18-17-46/h9-16,19-21,29,34,46,48-49H,7-8,17-18,22-23H2,1-6H3,(H,41,47)/t29-,34+/m1/s1. The highest BCUT2D eigenvalue weighted by Crippen LogP contribution is 2.57. The minimum Gasteiger partial charge on any atom is -0.487 e. The molecule has 3 heterocycles. The van der Waals surface area contributed by atoms with Crippen molar-refractivity contribution in [3.05, 3.63) is 100 Å². The van der Waals surface area contributed by atoms with Crippen molar-refractivity contribution in [3.8, 4) is 11.8 Å². The zero-order valence-corrected chi connectivity index (χ0v) is 31.2. The van der Waals surface area contributed by atoms with E-state index in [4.69, 9.17) is 14.6 Å². The molecule has 14 heteroatoms. The molecule has 0 fully saturated rings. The Bertz CT molecular complexity index is 2050. The van der Waals surface area contributed by atoms with Crippen molar-refractivity contribution in [3.63, 3.8) is 0 Å². The predicted octanol–water partition coefficient (Wildman–Crippen LogP) is 6.27. The van der Waals surface area contributed by atoms with E-state index in [0.717, 1.165) is 38.9 Å². The van der Waals surface area contributed by atoms with Crippen LogP contribution in [0.3, 0.4) is 0 Å². The maximum atomic E-state index is 13.8. The van der Waals surface area contributed by atoms with E-state index in [1.54, 1.807) is 22.5 Å². The lowest BCUT2D eigenvalue weighted by atomic mass is 9.74. The molecule has 13 nitrogen and oxygen atoms in total. The number of carbonyl (C=O) groups is 1. The molecule has 2 atom stereocenters. The van der Waals surface area contributed by atoms with Crippen molar-refractivity contribution in [2.75, 3.05) is 19.8 Å². The van der Waals surface area contributed by atoms with Crippen LogP contribution in [0.4, 0.5) is 0 Å². The number of rotatable bonds is 12. The van der Waals surface area contributed by atoms with Crippen molar-refractivity contribution in [1.82, 2.24) is 34.6 Å². The van der Waals surface area contributed by atoms with E-state index in [0.29, 0.717) is 30.2 Å². The van der Waals surface area contributed by atoms with Gasteiger partial charge in [0.25, 0.3) is 5.91 Å². The van der Waals surface area contributed by atoms with E-state index >= 15 is 0 Å². The number of fused-ring (bicyclic) bond motifs is 2. The quantitative estimate of drug-likeness (QED) is 0.114. The molecule has 6 rings (SSSR count). The second-order valence-electron chi connectivity index (χ2n) is 13.6. The summed E-state index contributed by atoms with van der Waals surface area (Å²) in [7, 11) is -3.38. The number of amides is 1. The van der Waals surface area contributed by atoms with Gasteiger partial charge in [0.15, 0.2) is 0 Å². The number of benzene rings is 3. The molecule has 0 saturated heterocycles. The Hall–Kier alpha value is -4.60. The molecular weight excluding hydrogens is 683 g/mol. The average Bonchev–Trinajstić information content (AvgIpc) is 3.52. The van der Waals surface area contributed by atoms with Crippen LogP contribution in [-0.2, 0) is 13.1 Å². The summed E-state index contributed by atoms with van der Waals surface area (Å²) in [6.45, 7) is 13.2. The van der Waals surface area contributed by atoms with Gasteiger partial charge in [-0.05, 0) is 87.1 Å². The summed E-state index contributed by atoms with van der Waals surface area (Å²) in [6.07, 6.45) is 3.26. The fourth-order valence-corrected chi connectivity index (χ4v) is 8.47. The molecule has 4 N–H and O–H groups in total. The third kappa shape index (κ3) is 7.34. The lowest BCUT2D eigenvalue weighted by molar-refractivity contribution is 0.0904. The number of para-hydroxylation sites is 1. The van der Waals surface area contributed by atoms with Gasteiger partial charge in [-0.15, -0.1) is 15.9 Å². The van der Waals surface area contributed by atoms with Gasteiger partial charge in [0.05, 0.1) is 24.2 Å². The molecule has 0 unspecified atom stereocenters. The van der Waals surface area contributed by atoms with E-state index in [1.807, 2.05) is 64.4 Å². The zero-order valence-electron chi connectivity index (χ0n) is 30.4. The van der Waals surface area contributed by atoms with E-state index in [9.17, 15) is 13.9 Å². The number of aliphatic hydroxyl groups is 1. The second-order valence-corrected chi connectivity index (χ2v) is 15.6. The Morgan fingerprint density at radius 3 is 2.56 bits per heavy atom. The molecule has 276 valence electrons. The van der Waals surface area contributed by atoms with Crippen molar-refractivity contribution in [1.29, 1.82) is 0 Å². The molecular formula is C38H47N7O6S. The maximum Gasteiger partial charge on any atom is 0.316 e. The van der Waals surface area contributed by atoms with Gasteiger partial charge >= 0.3 is 6.01 Å². The lowest BCUT2D eigenvalue weighted by Crippen LogP contribution is -2.48. The van der Waals surface area contributed by atoms with Crippen LogP contribution in [0.2, 0.25) is 0 Å². The molecule has 1 amide bonds. The summed E-state index contributed by atoms with van der Waals surface area (Å²) in [5.74, 6) is -0.255. The van der Waals surface area contributed by atoms with Crippen molar-refractivity contribution < 1.29 is 28.5 Å². The number of nitrogens with one attached hydrogen (secondary N) is 1. The Labute approximate surface area is 305 Å². The van der Waals surface area contributed by atoms with Crippen LogP contribution in [-0.4, -0.2) is 80.8 Å². The molecule has 3 aromatic carbocycles. The summed E-state index contributed by atoms with van der Waals surface area (Å²) in [4.78, 5) is 22.4. The van der Waals surface area contributed by atoms with E-state index in [-0.39, 0.29) is 49.3 Å². The number of carbonyl (C=O) groups excluding carboxylic acids is 1. The van der Waals surface area contributed by atoms with E-state index < -0.39 is 16.3 Å². The molecule has 0 aliphatic carbocycles. The Balaban J connectivity index is 1.41. The van der Waals surface area contributed by atoms with Crippen molar-refractivity contribution in [2.24, 2.45) is 0 Å². The van der Waals surface area contributed by atoms with Crippen LogP contribution >= 0.6 is 10.8 Å². The molecule has 0 spiro atoms. The predicted molar refractivity (Wildman–Crippen MR) is 200 cm³/mol. The molecule has 0 radical (unpaired) electrons. The number of ether oxygens (including phenoxy) is 2. The first-order valence-corrected chi connectivity index (χ1v) is 19.0. The van der Waals surface area contributed by atoms with Gasteiger partial charge in [-0.3, -0.25) is 13.9 Å². The van der Waals surface area contributed by atoms with Crippen LogP contribution < -0.4 is 14.8 Å². The van der Waals surface area contributed by atoms with Gasteiger partial charge in [0, 0.05) is 36.9 Å². The topological polar surface area (TPSA) is 168 Å². The largest absolute Gasteiger partial charge is 0.487 e. The smallest absolute Gasteiger partial charge is 0.316 e. The molecule has 1 aliphatic heterocycles. The number of hydrogen-bond acceptors (Lipinski definition) is 11. The Morgan fingerprint density at radius 1 is 1.10 bits per heavy atom. The lowest BCUT2D eigenvalue weighted by Gasteiger charge is -2.42. The second kappa shape index (κ2) is 15.2. The Kier molecular flexibility index (Phi) is 10.8. The fraction of sp³-hybridized carbons (Fsp3) is 0.395. The first kappa shape index (κ1) is 37.2. The zero-order chi connectivity index (χ0) is 37.2. The third-order valence-electron chi connectivity index (χ3n) is 9.68. The van der Waals surface area contributed by atoms with Gasteiger partial charge < -0.3 is 19.9 Å². The monoisotopic (exact) mass is 729 g/mol. The minimum atomic E-state index is -3.38. The normalized spacial score (nSPS) is 17.1. The number of aliphatic hydroxyl groups excluding tert-OH is 1. The van der Waals surface area contributed by atoms with Gasteiger partial charge in [-0.2, -0.15) is 4.31 Å². The maximum absolute atomic E-state index is 13.8. The number of aromatic nitrogens is 5. The summed E-state index contributed by atoms with van der Waals surface area (Å²) in [5, 5.41) is 21.2. The van der Waals surface area contributed by atoms with Gasteiger partial charge in [0.1, 0.15) is 28.9 Å². The number of aryl methyl sites for hydroxylation is 3. The van der Waals surface area contributed by atoms with Crippen molar-refractivity contribution in [2.45, 2.75) is 83.5 Å². The van der Waals surface area contributed by atoms with Gasteiger partial charge in [0.2, 0.25) is 0 Å². The van der Waals surface area contributed by atoms with Crippen LogP contribution in [0.25, 0.3) is 11.0 Å².